The minimum Gasteiger partial charge on any atom is -0.340 e. The minimum absolute atomic E-state index is 0.193. The summed E-state index contributed by atoms with van der Waals surface area (Å²) in [5.74, 6) is -0.325. The maximum Gasteiger partial charge on any atom is 0.274 e. The zero-order valence-electron chi connectivity index (χ0n) is 14.6. The highest BCUT2D eigenvalue weighted by Gasteiger charge is 2.11. The number of carbonyl (C=O) groups is 1. The lowest BCUT2D eigenvalue weighted by Gasteiger charge is -2.13. The molecule has 0 bridgehead atoms. The smallest absolute Gasteiger partial charge is 0.274 e. The third-order valence-electron chi connectivity index (χ3n) is 3.98. The van der Waals surface area contributed by atoms with Gasteiger partial charge in [-0.1, -0.05) is 31.2 Å². The van der Waals surface area contributed by atoms with Gasteiger partial charge in [-0.2, -0.15) is 0 Å². The number of aromatic nitrogens is 2. The molecule has 1 amide bonds. The van der Waals surface area contributed by atoms with Gasteiger partial charge in [0.2, 0.25) is 0 Å². The molecule has 132 valence electrons. The SMILES string of the molecule is CCc1cccc(C)c1Nc1cc(C(=O)Nc2cccc(F)c2)ncn1. The highest BCUT2D eigenvalue weighted by atomic mass is 19.1. The number of halogens is 1. The molecular weight excluding hydrogens is 331 g/mol. The summed E-state index contributed by atoms with van der Waals surface area (Å²) in [6.45, 7) is 4.10. The van der Waals surface area contributed by atoms with Crippen molar-refractivity contribution in [2.24, 2.45) is 0 Å². The number of rotatable bonds is 5. The predicted octanol–water partition coefficient (Wildman–Crippen LogP) is 4.48. The summed E-state index contributed by atoms with van der Waals surface area (Å²) < 4.78 is 13.2. The van der Waals surface area contributed by atoms with Crippen LogP contribution in [0.3, 0.4) is 0 Å². The minimum atomic E-state index is -0.429. The monoisotopic (exact) mass is 350 g/mol. The van der Waals surface area contributed by atoms with Gasteiger partial charge in [-0.25, -0.2) is 14.4 Å². The summed E-state index contributed by atoms with van der Waals surface area (Å²) in [6, 6.07) is 13.4. The van der Waals surface area contributed by atoms with E-state index >= 15 is 0 Å². The number of hydrogen-bond donors (Lipinski definition) is 2. The molecule has 2 N–H and O–H groups in total. The summed E-state index contributed by atoms with van der Waals surface area (Å²) >= 11 is 0. The Morgan fingerprint density at radius 2 is 1.92 bits per heavy atom. The first-order valence-corrected chi connectivity index (χ1v) is 8.31. The van der Waals surface area contributed by atoms with E-state index in [0.29, 0.717) is 11.5 Å². The van der Waals surface area contributed by atoms with Crippen molar-refractivity contribution in [1.29, 1.82) is 0 Å². The Balaban J connectivity index is 1.81. The molecule has 1 heterocycles. The van der Waals surface area contributed by atoms with Gasteiger partial charge in [-0.05, 0) is 42.7 Å². The first kappa shape index (κ1) is 17.5. The van der Waals surface area contributed by atoms with Crippen LogP contribution in [-0.2, 0) is 6.42 Å². The Morgan fingerprint density at radius 3 is 2.69 bits per heavy atom. The molecule has 3 rings (SSSR count). The number of hydrogen-bond acceptors (Lipinski definition) is 4. The van der Waals surface area contributed by atoms with Crippen LogP contribution in [-0.4, -0.2) is 15.9 Å². The quantitative estimate of drug-likeness (QED) is 0.712. The second kappa shape index (κ2) is 7.74. The number of benzene rings is 2. The second-order valence-electron chi connectivity index (χ2n) is 5.84. The van der Waals surface area contributed by atoms with Crippen LogP contribution in [0.25, 0.3) is 0 Å². The van der Waals surface area contributed by atoms with Crippen molar-refractivity contribution in [3.63, 3.8) is 0 Å². The van der Waals surface area contributed by atoms with E-state index in [4.69, 9.17) is 0 Å². The van der Waals surface area contributed by atoms with Gasteiger partial charge in [0.1, 0.15) is 23.7 Å². The number of para-hydroxylation sites is 1. The van der Waals surface area contributed by atoms with Crippen LogP contribution in [0.2, 0.25) is 0 Å². The molecule has 26 heavy (non-hydrogen) atoms. The van der Waals surface area contributed by atoms with E-state index in [1.54, 1.807) is 12.1 Å². The maximum absolute atomic E-state index is 13.2. The van der Waals surface area contributed by atoms with E-state index in [0.717, 1.165) is 23.2 Å². The summed E-state index contributed by atoms with van der Waals surface area (Å²) in [7, 11) is 0. The Kier molecular flexibility index (Phi) is 5.22. The topological polar surface area (TPSA) is 66.9 Å². The van der Waals surface area contributed by atoms with Crippen LogP contribution in [0.1, 0.15) is 28.5 Å². The zero-order chi connectivity index (χ0) is 18.5. The maximum atomic E-state index is 13.2. The van der Waals surface area contributed by atoms with Crippen molar-refractivity contribution >= 4 is 23.1 Å². The molecule has 0 unspecified atom stereocenters. The molecule has 1 aromatic heterocycles. The summed E-state index contributed by atoms with van der Waals surface area (Å²) in [5.41, 5.74) is 3.79. The van der Waals surface area contributed by atoms with Crippen molar-refractivity contribution in [2.45, 2.75) is 20.3 Å². The van der Waals surface area contributed by atoms with Crippen LogP contribution in [0.5, 0.6) is 0 Å². The number of aryl methyl sites for hydroxylation is 2. The largest absolute Gasteiger partial charge is 0.340 e. The van der Waals surface area contributed by atoms with Crippen molar-refractivity contribution in [3.05, 3.63) is 77.5 Å². The van der Waals surface area contributed by atoms with E-state index < -0.39 is 11.7 Å². The number of nitrogens with zero attached hydrogens (tertiary/aromatic N) is 2. The number of anilines is 3. The molecule has 0 aliphatic heterocycles. The van der Waals surface area contributed by atoms with Gasteiger partial charge in [0.25, 0.3) is 5.91 Å². The molecular formula is C20H19FN4O. The van der Waals surface area contributed by atoms with Crippen LogP contribution in [0.15, 0.2) is 54.9 Å². The Bertz CT molecular complexity index is 943. The molecule has 0 saturated heterocycles. The molecule has 0 spiro atoms. The fourth-order valence-corrected chi connectivity index (χ4v) is 2.64. The van der Waals surface area contributed by atoms with Crippen molar-refractivity contribution in [1.82, 2.24) is 9.97 Å². The third-order valence-corrected chi connectivity index (χ3v) is 3.98. The van der Waals surface area contributed by atoms with E-state index in [2.05, 4.69) is 27.5 Å². The number of carbonyl (C=O) groups excluding carboxylic acids is 1. The lowest BCUT2D eigenvalue weighted by atomic mass is 10.1. The molecule has 2 aromatic carbocycles. The molecule has 3 aromatic rings. The van der Waals surface area contributed by atoms with E-state index in [-0.39, 0.29) is 5.69 Å². The fourth-order valence-electron chi connectivity index (χ4n) is 2.64. The molecule has 0 fully saturated rings. The van der Waals surface area contributed by atoms with Gasteiger partial charge in [-0.3, -0.25) is 4.79 Å². The second-order valence-corrected chi connectivity index (χ2v) is 5.84. The first-order valence-electron chi connectivity index (χ1n) is 8.31. The third kappa shape index (κ3) is 4.03. The molecule has 0 aliphatic rings. The van der Waals surface area contributed by atoms with Crippen molar-refractivity contribution in [2.75, 3.05) is 10.6 Å². The molecule has 0 radical (unpaired) electrons. The van der Waals surface area contributed by atoms with Gasteiger partial charge in [0.15, 0.2) is 0 Å². The highest BCUT2D eigenvalue weighted by Crippen LogP contribution is 2.24. The van der Waals surface area contributed by atoms with Gasteiger partial charge < -0.3 is 10.6 Å². The van der Waals surface area contributed by atoms with Crippen molar-refractivity contribution in [3.8, 4) is 0 Å². The molecule has 0 saturated carbocycles. The predicted molar refractivity (Wildman–Crippen MR) is 100 cm³/mol. The normalized spacial score (nSPS) is 10.4. The molecule has 6 heteroatoms. The first-order chi connectivity index (χ1) is 12.6. The highest BCUT2D eigenvalue weighted by molar-refractivity contribution is 6.03. The number of amides is 1. The molecule has 5 nitrogen and oxygen atoms in total. The van der Waals surface area contributed by atoms with Crippen molar-refractivity contribution < 1.29 is 9.18 Å². The zero-order valence-corrected chi connectivity index (χ0v) is 14.6. The van der Waals surface area contributed by atoms with Crippen LogP contribution >= 0.6 is 0 Å². The average Bonchev–Trinajstić information content (AvgIpc) is 2.63. The number of nitrogens with one attached hydrogen (secondary N) is 2. The van der Waals surface area contributed by atoms with Crippen LogP contribution in [0, 0.1) is 12.7 Å². The van der Waals surface area contributed by atoms with Crippen LogP contribution < -0.4 is 10.6 Å². The Labute approximate surface area is 151 Å². The van der Waals surface area contributed by atoms with Gasteiger partial charge in [-0.15, -0.1) is 0 Å². The van der Waals surface area contributed by atoms with E-state index in [1.165, 1.54) is 24.5 Å². The fraction of sp³-hybridized carbons (Fsp3) is 0.150. The lowest BCUT2D eigenvalue weighted by Crippen LogP contribution is -2.14. The average molecular weight is 350 g/mol. The standard InChI is InChI=1S/C20H19FN4O/c1-3-14-7-4-6-13(2)19(14)25-18-11-17(22-12-23-18)20(26)24-16-9-5-8-15(21)10-16/h4-12H,3H2,1-2H3,(H,24,26)(H,22,23,25). The van der Waals surface area contributed by atoms with Gasteiger partial charge >= 0.3 is 0 Å². The Morgan fingerprint density at radius 1 is 1.12 bits per heavy atom. The molecule has 0 atom stereocenters. The summed E-state index contributed by atoms with van der Waals surface area (Å²) in [6.07, 6.45) is 2.20. The van der Waals surface area contributed by atoms with E-state index in [1.807, 2.05) is 25.1 Å². The summed E-state index contributed by atoms with van der Waals surface area (Å²) in [4.78, 5) is 20.6. The van der Waals surface area contributed by atoms with E-state index in [9.17, 15) is 9.18 Å². The molecule has 0 aliphatic carbocycles. The summed E-state index contributed by atoms with van der Waals surface area (Å²) in [5, 5.41) is 5.90. The van der Waals surface area contributed by atoms with Gasteiger partial charge in [0, 0.05) is 17.4 Å². The van der Waals surface area contributed by atoms with Crippen LogP contribution in [0.4, 0.5) is 21.6 Å². The Hall–Kier alpha value is -3.28. The lowest BCUT2D eigenvalue weighted by molar-refractivity contribution is 0.102. The van der Waals surface area contributed by atoms with Gasteiger partial charge in [0.05, 0.1) is 0 Å².